The van der Waals surface area contributed by atoms with Crippen LogP contribution in [0.15, 0.2) is 18.2 Å². The molecule has 0 saturated heterocycles. The number of benzene rings is 1. The maximum absolute atomic E-state index is 14.1. The number of imidazole rings is 1. The van der Waals surface area contributed by atoms with E-state index < -0.39 is 0 Å². The first-order valence-corrected chi connectivity index (χ1v) is 7.87. The second-order valence-corrected chi connectivity index (χ2v) is 6.78. The minimum absolute atomic E-state index is 0.0867. The molecular formula is C17H24FN3. The van der Waals surface area contributed by atoms with Gasteiger partial charge < -0.3 is 10.3 Å². The van der Waals surface area contributed by atoms with Crippen LogP contribution in [0.5, 0.6) is 0 Å². The standard InChI is InChI=1S/C17H24FN3/c1-11(2)21-13-8-6-7-12(18)15(13)20-16(21)17(3)10-5-4-9-14(17)19/h6-8,11,14H,4-5,9-10,19H2,1-3H3. The maximum Gasteiger partial charge on any atom is 0.151 e. The summed E-state index contributed by atoms with van der Waals surface area (Å²) in [6.45, 7) is 6.43. The molecule has 0 radical (unpaired) electrons. The van der Waals surface area contributed by atoms with E-state index in [0.717, 1.165) is 30.6 Å². The van der Waals surface area contributed by atoms with Crippen molar-refractivity contribution in [2.75, 3.05) is 0 Å². The molecule has 3 nitrogen and oxygen atoms in total. The molecule has 2 unspecified atom stereocenters. The number of nitrogens with zero attached hydrogens (tertiary/aromatic N) is 2. The first-order chi connectivity index (χ1) is 9.95. The molecule has 2 atom stereocenters. The smallest absolute Gasteiger partial charge is 0.151 e. The molecule has 2 aromatic rings. The summed E-state index contributed by atoms with van der Waals surface area (Å²) in [4.78, 5) is 4.69. The van der Waals surface area contributed by atoms with E-state index in [4.69, 9.17) is 5.73 Å². The fourth-order valence-corrected chi connectivity index (χ4v) is 3.65. The second-order valence-electron chi connectivity index (χ2n) is 6.78. The van der Waals surface area contributed by atoms with Crippen molar-refractivity contribution in [2.45, 2.75) is 64.0 Å². The highest BCUT2D eigenvalue weighted by Crippen LogP contribution is 2.40. The monoisotopic (exact) mass is 289 g/mol. The Labute approximate surface area is 125 Å². The normalized spacial score (nSPS) is 26.7. The lowest BCUT2D eigenvalue weighted by Gasteiger charge is -2.39. The number of hydrogen-bond donors (Lipinski definition) is 1. The van der Waals surface area contributed by atoms with Crippen molar-refractivity contribution < 1.29 is 4.39 Å². The molecule has 3 rings (SSSR count). The zero-order chi connectivity index (χ0) is 15.2. The molecule has 1 aromatic carbocycles. The number of aromatic nitrogens is 2. The van der Waals surface area contributed by atoms with Gasteiger partial charge in [-0.2, -0.15) is 0 Å². The third-order valence-corrected chi connectivity index (χ3v) is 4.98. The number of fused-ring (bicyclic) bond motifs is 1. The van der Waals surface area contributed by atoms with Gasteiger partial charge in [0.05, 0.1) is 5.52 Å². The highest BCUT2D eigenvalue weighted by atomic mass is 19.1. The second kappa shape index (κ2) is 5.09. The lowest BCUT2D eigenvalue weighted by molar-refractivity contribution is 0.249. The first kappa shape index (κ1) is 14.5. The average Bonchev–Trinajstić information content (AvgIpc) is 2.84. The fraction of sp³-hybridized carbons (Fsp3) is 0.588. The third kappa shape index (κ3) is 2.16. The highest BCUT2D eigenvalue weighted by molar-refractivity contribution is 5.77. The Hall–Kier alpha value is -1.42. The SMILES string of the molecule is CC(C)n1c(C2(C)CCCCC2N)nc2c(F)cccc21. The van der Waals surface area contributed by atoms with Crippen molar-refractivity contribution in [3.8, 4) is 0 Å². The van der Waals surface area contributed by atoms with Gasteiger partial charge in [0.25, 0.3) is 0 Å². The van der Waals surface area contributed by atoms with Gasteiger partial charge in [0.2, 0.25) is 0 Å². The summed E-state index contributed by atoms with van der Waals surface area (Å²) in [6, 6.07) is 5.51. The molecule has 0 spiro atoms. The van der Waals surface area contributed by atoms with Crippen molar-refractivity contribution in [3.05, 3.63) is 29.8 Å². The molecule has 1 saturated carbocycles. The zero-order valence-electron chi connectivity index (χ0n) is 13.1. The summed E-state index contributed by atoms with van der Waals surface area (Å²) in [7, 11) is 0. The molecule has 21 heavy (non-hydrogen) atoms. The minimum Gasteiger partial charge on any atom is -0.327 e. The van der Waals surface area contributed by atoms with Crippen molar-refractivity contribution in [1.29, 1.82) is 0 Å². The van der Waals surface area contributed by atoms with Crippen molar-refractivity contribution in [3.63, 3.8) is 0 Å². The summed E-state index contributed by atoms with van der Waals surface area (Å²) < 4.78 is 16.3. The van der Waals surface area contributed by atoms with Crippen LogP contribution >= 0.6 is 0 Å². The van der Waals surface area contributed by atoms with Crippen LogP contribution in [-0.2, 0) is 5.41 Å². The molecule has 0 amide bonds. The van der Waals surface area contributed by atoms with Gasteiger partial charge in [-0.3, -0.25) is 0 Å². The van der Waals surface area contributed by atoms with E-state index in [1.165, 1.54) is 12.5 Å². The van der Waals surface area contributed by atoms with Crippen LogP contribution in [0.1, 0.15) is 58.3 Å². The van der Waals surface area contributed by atoms with Gasteiger partial charge in [0, 0.05) is 17.5 Å². The van der Waals surface area contributed by atoms with E-state index in [0.29, 0.717) is 5.52 Å². The fourth-order valence-electron chi connectivity index (χ4n) is 3.65. The zero-order valence-corrected chi connectivity index (χ0v) is 13.1. The first-order valence-electron chi connectivity index (χ1n) is 7.87. The Kier molecular flexibility index (Phi) is 3.52. The van der Waals surface area contributed by atoms with Crippen LogP contribution in [0.2, 0.25) is 0 Å². The van der Waals surface area contributed by atoms with Crippen molar-refractivity contribution in [1.82, 2.24) is 9.55 Å². The molecule has 1 heterocycles. The summed E-state index contributed by atoms with van der Waals surface area (Å²) in [5, 5.41) is 0. The quantitative estimate of drug-likeness (QED) is 0.910. The number of hydrogen-bond acceptors (Lipinski definition) is 2. The summed E-state index contributed by atoms with van der Waals surface area (Å²) in [5.41, 5.74) is 7.60. The molecule has 1 aliphatic rings. The topological polar surface area (TPSA) is 43.8 Å². The van der Waals surface area contributed by atoms with Crippen molar-refractivity contribution in [2.24, 2.45) is 5.73 Å². The number of nitrogens with two attached hydrogens (primary N) is 1. The molecule has 1 fully saturated rings. The highest BCUT2D eigenvalue weighted by Gasteiger charge is 2.40. The molecule has 2 N–H and O–H groups in total. The number of rotatable bonds is 2. The van der Waals surface area contributed by atoms with Gasteiger partial charge in [-0.1, -0.05) is 25.8 Å². The Morgan fingerprint density at radius 2 is 2.14 bits per heavy atom. The average molecular weight is 289 g/mol. The maximum atomic E-state index is 14.1. The summed E-state index contributed by atoms with van der Waals surface area (Å²) in [6.07, 6.45) is 4.37. The molecular weight excluding hydrogens is 265 g/mol. The minimum atomic E-state index is -0.249. The number of para-hydroxylation sites is 1. The molecule has 4 heteroatoms. The molecule has 0 bridgehead atoms. The van der Waals surface area contributed by atoms with E-state index in [1.54, 1.807) is 6.07 Å². The Bertz CT molecular complexity index is 661. The van der Waals surface area contributed by atoms with E-state index in [2.05, 4.69) is 30.3 Å². The Morgan fingerprint density at radius 3 is 2.81 bits per heavy atom. The largest absolute Gasteiger partial charge is 0.327 e. The van der Waals surface area contributed by atoms with Gasteiger partial charge >= 0.3 is 0 Å². The van der Waals surface area contributed by atoms with E-state index in [9.17, 15) is 4.39 Å². The van der Waals surface area contributed by atoms with Crippen LogP contribution in [0.3, 0.4) is 0 Å². The van der Waals surface area contributed by atoms with Crippen molar-refractivity contribution >= 4 is 11.0 Å². The predicted octanol–water partition coefficient (Wildman–Crippen LogP) is 3.92. The molecule has 114 valence electrons. The third-order valence-electron chi connectivity index (χ3n) is 4.98. The lowest BCUT2D eigenvalue weighted by atomic mass is 9.71. The Balaban J connectivity index is 2.26. The van der Waals surface area contributed by atoms with Gasteiger partial charge in [-0.15, -0.1) is 0 Å². The molecule has 1 aliphatic carbocycles. The summed E-state index contributed by atoms with van der Waals surface area (Å²) >= 11 is 0. The Morgan fingerprint density at radius 1 is 1.38 bits per heavy atom. The lowest BCUT2D eigenvalue weighted by Crippen LogP contribution is -2.47. The van der Waals surface area contributed by atoms with Crippen LogP contribution in [0.25, 0.3) is 11.0 Å². The van der Waals surface area contributed by atoms with Gasteiger partial charge in [-0.05, 0) is 38.8 Å². The predicted molar refractivity (Wildman–Crippen MR) is 83.9 cm³/mol. The van der Waals surface area contributed by atoms with Crippen LogP contribution in [0.4, 0.5) is 4.39 Å². The van der Waals surface area contributed by atoms with Gasteiger partial charge in [0.15, 0.2) is 5.82 Å². The van der Waals surface area contributed by atoms with Crippen LogP contribution < -0.4 is 5.73 Å². The van der Waals surface area contributed by atoms with E-state index >= 15 is 0 Å². The molecule has 0 aliphatic heterocycles. The van der Waals surface area contributed by atoms with E-state index in [1.807, 2.05) is 6.07 Å². The van der Waals surface area contributed by atoms with E-state index in [-0.39, 0.29) is 23.3 Å². The summed E-state index contributed by atoms with van der Waals surface area (Å²) in [5.74, 6) is 0.700. The van der Waals surface area contributed by atoms with Crippen LogP contribution in [0, 0.1) is 5.82 Å². The van der Waals surface area contributed by atoms with Crippen LogP contribution in [-0.4, -0.2) is 15.6 Å². The van der Waals surface area contributed by atoms with Gasteiger partial charge in [-0.25, -0.2) is 9.37 Å². The van der Waals surface area contributed by atoms with Gasteiger partial charge in [0.1, 0.15) is 11.3 Å². The number of halogens is 1. The molecule has 1 aromatic heterocycles.